The Kier molecular flexibility index (Phi) is 3.71. The molecule has 21 heavy (non-hydrogen) atoms. The van der Waals surface area contributed by atoms with E-state index in [0.717, 1.165) is 34.3 Å². The fraction of sp³-hybridized carbons (Fsp3) is 0.0625. The normalized spacial score (nSPS) is 10.8. The largest absolute Gasteiger partial charge is 0.480 e. The van der Waals surface area contributed by atoms with E-state index in [0.29, 0.717) is 10.6 Å². The number of halogens is 1. The molecule has 0 amide bonds. The van der Waals surface area contributed by atoms with Crippen LogP contribution >= 0.6 is 21.1 Å². The van der Waals surface area contributed by atoms with Crippen LogP contribution in [0.5, 0.6) is 5.75 Å². The minimum absolute atomic E-state index is 0.620. The van der Waals surface area contributed by atoms with Crippen molar-refractivity contribution in [2.24, 2.45) is 0 Å². The first-order chi connectivity index (χ1) is 10.2. The van der Waals surface area contributed by atoms with Crippen LogP contribution in [0.15, 0.2) is 42.5 Å². The van der Waals surface area contributed by atoms with Gasteiger partial charge in [-0.25, -0.2) is 0 Å². The molecule has 1 heterocycles. The maximum absolute atomic E-state index is 11.4. The van der Waals surface area contributed by atoms with Gasteiger partial charge in [0.2, 0.25) is 0 Å². The molecule has 5 heteroatoms. The van der Waals surface area contributed by atoms with Crippen LogP contribution in [0.25, 0.3) is 16.6 Å². The first-order valence-corrected chi connectivity index (χ1v) is 7.23. The number of fused-ring (bicyclic) bond motifs is 1. The van der Waals surface area contributed by atoms with E-state index >= 15 is 0 Å². The molecule has 3 aromatic rings. The lowest BCUT2D eigenvalue weighted by atomic mass is 10.1. The van der Waals surface area contributed by atoms with Gasteiger partial charge in [-0.15, -0.1) is 0 Å². The quantitative estimate of drug-likeness (QED) is 0.523. The average molecular weight is 318 g/mol. The second-order valence-corrected chi connectivity index (χ2v) is 5.40. The van der Waals surface area contributed by atoms with Crippen molar-refractivity contribution in [3.05, 3.63) is 58.7 Å². The molecule has 1 unspecified atom stereocenters. The zero-order valence-electron chi connectivity index (χ0n) is 11.3. The number of nitrogens with zero attached hydrogens (tertiary/aromatic N) is 1. The standard InChI is InChI=1S/C16H13ClNO2P/c1-10-15(9-19)14-8-11(17)2-7-16(14)18(10)12-3-5-13(20-21)6-4-12/h2-9H,21H2,1H3. The van der Waals surface area contributed by atoms with Crippen molar-refractivity contribution in [3.8, 4) is 11.4 Å². The molecule has 0 bridgehead atoms. The van der Waals surface area contributed by atoms with Gasteiger partial charge in [-0.05, 0) is 49.4 Å². The summed E-state index contributed by atoms with van der Waals surface area (Å²) in [4.78, 5) is 11.4. The van der Waals surface area contributed by atoms with Crippen molar-refractivity contribution >= 4 is 38.3 Å². The zero-order chi connectivity index (χ0) is 15.0. The van der Waals surface area contributed by atoms with Gasteiger partial charge in [0.05, 0.1) is 15.0 Å². The van der Waals surface area contributed by atoms with Crippen LogP contribution in [0.4, 0.5) is 0 Å². The second kappa shape index (κ2) is 5.51. The highest BCUT2D eigenvalue weighted by molar-refractivity contribution is 7.10. The molecule has 0 aliphatic heterocycles. The molecule has 1 atom stereocenters. The first-order valence-electron chi connectivity index (χ1n) is 6.38. The lowest BCUT2D eigenvalue weighted by Crippen LogP contribution is -1.97. The third-order valence-corrected chi connectivity index (χ3v) is 4.07. The highest BCUT2D eigenvalue weighted by atomic mass is 35.5. The van der Waals surface area contributed by atoms with Gasteiger partial charge in [0.15, 0.2) is 6.29 Å². The molecule has 0 aliphatic rings. The van der Waals surface area contributed by atoms with Gasteiger partial charge >= 0.3 is 0 Å². The lowest BCUT2D eigenvalue weighted by molar-refractivity contribution is 0.112. The predicted molar refractivity (Wildman–Crippen MR) is 88.7 cm³/mol. The molecule has 1 aromatic heterocycles. The molecule has 2 aromatic carbocycles. The number of benzene rings is 2. The molecule has 3 rings (SSSR count). The van der Waals surface area contributed by atoms with Crippen molar-refractivity contribution in [2.75, 3.05) is 0 Å². The summed E-state index contributed by atoms with van der Waals surface area (Å²) in [5.74, 6) is 0.761. The number of carbonyl (C=O) groups excluding carboxylic acids is 1. The summed E-state index contributed by atoms with van der Waals surface area (Å²) in [6.45, 7) is 1.93. The number of rotatable bonds is 3. The number of hydrogen-bond donors (Lipinski definition) is 0. The van der Waals surface area contributed by atoms with Crippen LogP contribution in [0, 0.1) is 6.92 Å². The van der Waals surface area contributed by atoms with Gasteiger partial charge in [0.1, 0.15) is 5.75 Å². The lowest BCUT2D eigenvalue weighted by Gasteiger charge is -2.09. The van der Waals surface area contributed by atoms with Crippen LogP contribution in [0.3, 0.4) is 0 Å². The predicted octanol–water partition coefficient (Wildman–Crippen LogP) is 4.57. The molecule has 106 valence electrons. The summed E-state index contributed by atoms with van der Waals surface area (Å²) < 4.78 is 7.14. The molecular weight excluding hydrogens is 305 g/mol. The van der Waals surface area contributed by atoms with Crippen LogP contribution in [-0.2, 0) is 0 Å². The van der Waals surface area contributed by atoms with Crippen LogP contribution in [0.2, 0.25) is 5.02 Å². The van der Waals surface area contributed by atoms with E-state index in [1.165, 1.54) is 0 Å². The molecule has 0 radical (unpaired) electrons. The minimum atomic E-state index is 0.620. The van der Waals surface area contributed by atoms with Crippen molar-refractivity contribution in [1.82, 2.24) is 4.57 Å². The first kappa shape index (κ1) is 14.1. The maximum atomic E-state index is 11.4. The Bertz CT molecular complexity index is 824. The molecule has 3 nitrogen and oxygen atoms in total. The van der Waals surface area contributed by atoms with Gasteiger partial charge in [0.25, 0.3) is 0 Å². The molecule has 0 saturated carbocycles. The SMILES string of the molecule is Cc1c(C=O)c2cc(Cl)ccc2n1-c1ccc(OP)cc1. The summed E-state index contributed by atoms with van der Waals surface area (Å²) >= 11 is 6.05. The van der Waals surface area contributed by atoms with Crippen molar-refractivity contribution in [1.29, 1.82) is 0 Å². The Morgan fingerprint density at radius 3 is 2.52 bits per heavy atom. The van der Waals surface area contributed by atoms with Crippen LogP contribution < -0.4 is 4.52 Å². The van der Waals surface area contributed by atoms with E-state index in [-0.39, 0.29) is 0 Å². The van der Waals surface area contributed by atoms with Crippen LogP contribution in [-0.4, -0.2) is 10.9 Å². The summed E-state index contributed by atoms with van der Waals surface area (Å²) in [6.07, 6.45) is 0.880. The number of aldehydes is 1. The Balaban J connectivity index is 2.30. The zero-order valence-corrected chi connectivity index (χ0v) is 13.2. The van der Waals surface area contributed by atoms with E-state index in [1.54, 1.807) is 0 Å². The van der Waals surface area contributed by atoms with Crippen LogP contribution in [0.1, 0.15) is 16.1 Å². The molecule has 0 fully saturated rings. The number of aromatic nitrogens is 1. The van der Waals surface area contributed by atoms with E-state index in [1.807, 2.05) is 54.0 Å². The average Bonchev–Trinajstić information content (AvgIpc) is 2.78. The second-order valence-electron chi connectivity index (χ2n) is 4.73. The van der Waals surface area contributed by atoms with Crippen molar-refractivity contribution in [2.45, 2.75) is 6.92 Å². The Hall–Kier alpha value is -1.83. The van der Waals surface area contributed by atoms with E-state index in [4.69, 9.17) is 16.1 Å². The van der Waals surface area contributed by atoms with Gasteiger partial charge in [-0.1, -0.05) is 11.6 Å². The topological polar surface area (TPSA) is 31.2 Å². The molecular formula is C16H13ClNO2P. The Morgan fingerprint density at radius 2 is 1.90 bits per heavy atom. The highest BCUT2D eigenvalue weighted by Crippen LogP contribution is 2.31. The molecule has 0 aliphatic carbocycles. The summed E-state index contributed by atoms with van der Waals surface area (Å²) in [5.41, 5.74) is 3.48. The monoisotopic (exact) mass is 317 g/mol. The van der Waals surface area contributed by atoms with Crippen molar-refractivity contribution in [3.63, 3.8) is 0 Å². The number of hydrogen-bond acceptors (Lipinski definition) is 2. The smallest absolute Gasteiger partial charge is 0.152 e. The van der Waals surface area contributed by atoms with E-state index in [9.17, 15) is 4.79 Å². The minimum Gasteiger partial charge on any atom is -0.480 e. The third kappa shape index (κ3) is 2.33. The number of carbonyl (C=O) groups is 1. The summed E-state index contributed by atoms with van der Waals surface area (Å²) in [7, 11) is 2.22. The van der Waals surface area contributed by atoms with Gasteiger partial charge in [0, 0.05) is 27.4 Å². The fourth-order valence-corrected chi connectivity index (χ4v) is 2.90. The summed E-state index contributed by atoms with van der Waals surface area (Å²) in [6, 6.07) is 13.2. The fourth-order valence-electron chi connectivity index (χ4n) is 2.57. The molecule has 0 N–H and O–H groups in total. The Labute approximate surface area is 129 Å². The third-order valence-electron chi connectivity index (χ3n) is 3.56. The van der Waals surface area contributed by atoms with E-state index in [2.05, 4.69) is 9.47 Å². The maximum Gasteiger partial charge on any atom is 0.152 e. The summed E-state index contributed by atoms with van der Waals surface area (Å²) in [5, 5.41) is 1.48. The molecule has 0 spiro atoms. The van der Waals surface area contributed by atoms with Gasteiger partial charge in [-0.3, -0.25) is 4.79 Å². The van der Waals surface area contributed by atoms with Crippen molar-refractivity contribution < 1.29 is 9.32 Å². The van der Waals surface area contributed by atoms with Gasteiger partial charge in [-0.2, -0.15) is 0 Å². The molecule has 0 saturated heterocycles. The van der Waals surface area contributed by atoms with E-state index < -0.39 is 0 Å². The highest BCUT2D eigenvalue weighted by Gasteiger charge is 2.15. The van der Waals surface area contributed by atoms with Gasteiger partial charge < -0.3 is 9.09 Å². The Morgan fingerprint density at radius 1 is 1.19 bits per heavy atom.